The van der Waals surface area contributed by atoms with Crippen LogP contribution in [0.15, 0.2) is 51.8 Å². The van der Waals surface area contributed by atoms with Crippen LogP contribution in [0.1, 0.15) is 0 Å². The van der Waals surface area contributed by atoms with Gasteiger partial charge in [0.05, 0.1) is 11.2 Å². The summed E-state index contributed by atoms with van der Waals surface area (Å²) in [6.07, 6.45) is 1.53. The highest BCUT2D eigenvalue weighted by Gasteiger charge is 2.09. The fraction of sp³-hybridized carbons (Fsp3) is 0.133. The lowest BCUT2D eigenvalue weighted by Crippen LogP contribution is -2.33. The number of carbonyl (C=O) groups excluding carboxylic acids is 1. The number of para-hydroxylation sites is 2. The van der Waals surface area contributed by atoms with Crippen molar-refractivity contribution in [1.82, 2.24) is 14.9 Å². The Hall–Kier alpha value is -2.80. The molecule has 0 aliphatic rings. The molecule has 7 nitrogen and oxygen atoms in total. The highest BCUT2D eigenvalue weighted by molar-refractivity contribution is 6.32. The minimum atomic E-state index is -0.455. The van der Waals surface area contributed by atoms with E-state index in [9.17, 15) is 9.59 Å². The first-order valence-electron chi connectivity index (χ1n) is 6.89. The van der Waals surface area contributed by atoms with Crippen molar-refractivity contribution < 1.29 is 9.21 Å². The van der Waals surface area contributed by atoms with Crippen molar-refractivity contribution in [1.29, 1.82) is 0 Å². The maximum absolute atomic E-state index is 11.8. The minimum Gasteiger partial charge on any atom is -0.408 e. The summed E-state index contributed by atoms with van der Waals surface area (Å²) < 4.78 is 6.59. The second kappa shape index (κ2) is 6.53. The molecule has 23 heavy (non-hydrogen) atoms. The van der Waals surface area contributed by atoms with Gasteiger partial charge in [0.1, 0.15) is 0 Å². The number of hydrogen-bond donors (Lipinski definition) is 2. The maximum Gasteiger partial charge on any atom is 0.420 e. The first-order valence-corrected chi connectivity index (χ1v) is 7.26. The molecule has 118 valence electrons. The van der Waals surface area contributed by atoms with Gasteiger partial charge in [-0.15, -0.1) is 0 Å². The predicted molar refractivity (Wildman–Crippen MR) is 86.7 cm³/mol. The lowest BCUT2D eigenvalue weighted by Gasteiger charge is -2.08. The van der Waals surface area contributed by atoms with Gasteiger partial charge in [0.2, 0.25) is 0 Å². The lowest BCUT2D eigenvalue weighted by atomic mass is 10.3. The Balaban J connectivity index is 1.61. The molecular formula is C15H13ClN4O3. The minimum absolute atomic E-state index is 0.208. The van der Waals surface area contributed by atoms with Crippen LogP contribution in [0.2, 0.25) is 5.15 Å². The SMILES string of the molecule is O=C(NCCn1c(=O)oc2ccccc21)Nc1cccnc1Cl. The number of anilines is 1. The molecule has 0 spiro atoms. The van der Waals surface area contributed by atoms with E-state index in [1.54, 1.807) is 30.3 Å². The average Bonchev–Trinajstić information content (AvgIpc) is 2.86. The van der Waals surface area contributed by atoms with Gasteiger partial charge in [0, 0.05) is 19.3 Å². The van der Waals surface area contributed by atoms with Gasteiger partial charge in [-0.05, 0) is 24.3 Å². The molecule has 3 rings (SSSR count). The van der Waals surface area contributed by atoms with Crippen LogP contribution in [0, 0.1) is 0 Å². The van der Waals surface area contributed by atoms with E-state index in [1.165, 1.54) is 10.8 Å². The first kappa shape index (κ1) is 15.1. The largest absolute Gasteiger partial charge is 0.420 e. The molecule has 8 heteroatoms. The second-order valence-electron chi connectivity index (χ2n) is 4.71. The Morgan fingerprint density at radius 1 is 1.26 bits per heavy atom. The van der Waals surface area contributed by atoms with Crippen LogP contribution in [0.5, 0.6) is 0 Å². The van der Waals surface area contributed by atoms with E-state index in [0.717, 1.165) is 0 Å². The molecule has 0 aliphatic heterocycles. The molecule has 2 N–H and O–H groups in total. The van der Waals surface area contributed by atoms with Gasteiger partial charge in [0.15, 0.2) is 10.7 Å². The molecule has 2 amide bonds. The molecule has 0 radical (unpaired) electrons. The van der Waals surface area contributed by atoms with Crippen LogP contribution in [0.4, 0.5) is 10.5 Å². The van der Waals surface area contributed by atoms with Crippen LogP contribution in [0.3, 0.4) is 0 Å². The van der Waals surface area contributed by atoms with Gasteiger partial charge in [-0.25, -0.2) is 14.6 Å². The Morgan fingerprint density at radius 2 is 2.09 bits per heavy atom. The summed E-state index contributed by atoms with van der Waals surface area (Å²) in [7, 11) is 0. The summed E-state index contributed by atoms with van der Waals surface area (Å²) in [6, 6.07) is 9.99. The van der Waals surface area contributed by atoms with Crippen LogP contribution in [-0.4, -0.2) is 22.1 Å². The van der Waals surface area contributed by atoms with E-state index in [2.05, 4.69) is 15.6 Å². The Morgan fingerprint density at radius 3 is 2.91 bits per heavy atom. The van der Waals surface area contributed by atoms with Crippen LogP contribution < -0.4 is 16.4 Å². The van der Waals surface area contributed by atoms with E-state index >= 15 is 0 Å². The smallest absolute Gasteiger partial charge is 0.408 e. The van der Waals surface area contributed by atoms with E-state index in [4.69, 9.17) is 16.0 Å². The number of benzene rings is 1. The fourth-order valence-electron chi connectivity index (χ4n) is 2.15. The number of amides is 2. The molecule has 1 aromatic carbocycles. The van der Waals surface area contributed by atoms with Crippen LogP contribution >= 0.6 is 11.6 Å². The number of nitrogens with zero attached hydrogens (tertiary/aromatic N) is 2. The van der Waals surface area contributed by atoms with E-state index < -0.39 is 11.8 Å². The molecule has 0 saturated heterocycles. The molecule has 0 unspecified atom stereocenters. The molecule has 0 bridgehead atoms. The lowest BCUT2D eigenvalue weighted by molar-refractivity contribution is 0.251. The van der Waals surface area contributed by atoms with E-state index in [-0.39, 0.29) is 11.7 Å². The number of halogens is 1. The molecule has 2 aromatic heterocycles. The first-order chi connectivity index (χ1) is 11.1. The molecule has 2 heterocycles. The van der Waals surface area contributed by atoms with E-state index in [0.29, 0.717) is 23.3 Å². The molecule has 0 aliphatic carbocycles. The quantitative estimate of drug-likeness (QED) is 0.718. The summed E-state index contributed by atoms with van der Waals surface area (Å²) in [5.74, 6) is -0.455. The summed E-state index contributed by atoms with van der Waals surface area (Å²) in [5, 5.41) is 5.45. The van der Waals surface area contributed by atoms with Crippen molar-refractivity contribution in [3.8, 4) is 0 Å². The highest BCUT2D eigenvalue weighted by atomic mass is 35.5. The van der Waals surface area contributed by atoms with Crippen molar-refractivity contribution in [3.63, 3.8) is 0 Å². The summed E-state index contributed by atoms with van der Waals surface area (Å²) in [4.78, 5) is 27.5. The zero-order chi connectivity index (χ0) is 16.2. The Labute approximate surface area is 135 Å². The van der Waals surface area contributed by atoms with E-state index in [1.807, 2.05) is 6.07 Å². The second-order valence-corrected chi connectivity index (χ2v) is 5.07. The number of oxazole rings is 1. The fourth-order valence-corrected chi connectivity index (χ4v) is 2.32. The normalized spacial score (nSPS) is 10.7. The highest BCUT2D eigenvalue weighted by Crippen LogP contribution is 2.17. The zero-order valence-electron chi connectivity index (χ0n) is 12.0. The molecular weight excluding hydrogens is 320 g/mol. The third-order valence-corrected chi connectivity index (χ3v) is 3.50. The molecule has 0 saturated carbocycles. The third-order valence-electron chi connectivity index (χ3n) is 3.20. The van der Waals surface area contributed by atoms with Gasteiger partial charge in [-0.1, -0.05) is 23.7 Å². The van der Waals surface area contributed by atoms with Crippen molar-refractivity contribution in [3.05, 3.63) is 58.3 Å². The third kappa shape index (κ3) is 3.35. The Bertz CT molecular complexity index is 903. The summed E-state index contributed by atoms with van der Waals surface area (Å²) in [5.41, 5.74) is 1.62. The number of aromatic nitrogens is 2. The van der Waals surface area contributed by atoms with Gasteiger partial charge in [0.25, 0.3) is 0 Å². The number of carbonyl (C=O) groups is 1. The summed E-state index contributed by atoms with van der Waals surface area (Å²) >= 11 is 5.86. The van der Waals surface area contributed by atoms with Gasteiger partial charge < -0.3 is 15.1 Å². The van der Waals surface area contributed by atoms with Gasteiger partial charge in [-0.3, -0.25) is 4.57 Å². The van der Waals surface area contributed by atoms with Gasteiger partial charge >= 0.3 is 11.8 Å². The molecule has 0 fully saturated rings. The van der Waals surface area contributed by atoms with Crippen molar-refractivity contribution in [2.24, 2.45) is 0 Å². The molecule has 3 aromatic rings. The molecule has 0 atom stereocenters. The number of fused-ring (bicyclic) bond motifs is 1. The standard InChI is InChI=1S/C15H13ClN4O3/c16-13-10(4-3-7-17-13)19-14(21)18-8-9-20-11-5-1-2-6-12(11)23-15(20)22/h1-7H,8-9H2,(H2,18,19,21). The average molecular weight is 333 g/mol. The van der Waals surface area contributed by atoms with Crippen molar-refractivity contribution in [2.45, 2.75) is 6.54 Å². The monoisotopic (exact) mass is 332 g/mol. The zero-order valence-corrected chi connectivity index (χ0v) is 12.7. The number of pyridine rings is 1. The predicted octanol–water partition coefficient (Wildman–Crippen LogP) is 2.46. The number of hydrogen-bond acceptors (Lipinski definition) is 4. The topological polar surface area (TPSA) is 89.2 Å². The van der Waals surface area contributed by atoms with Crippen molar-refractivity contribution in [2.75, 3.05) is 11.9 Å². The number of nitrogens with one attached hydrogen (secondary N) is 2. The van der Waals surface area contributed by atoms with Crippen LogP contribution in [-0.2, 0) is 6.54 Å². The van der Waals surface area contributed by atoms with Gasteiger partial charge in [-0.2, -0.15) is 0 Å². The Kier molecular flexibility index (Phi) is 4.29. The number of rotatable bonds is 4. The van der Waals surface area contributed by atoms with Crippen molar-refractivity contribution >= 4 is 34.4 Å². The maximum atomic E-state index is 11.8. The van der Waals surface area contributed by atoms with Crippen LogP contribution in [0.25, 0.3) is 11.1 Å². The number of urea groups is 1. The summed E-state index contributed by atoms with van der Waals surface area (Å²) in [6.45, 7) is 0.553.